The number of hydrogen-bond acceptors (Lipinski definition) is 5. The number of nitro groups is 1. The SMILES string of the molecule is Cc1cc2nc3s/c(=C/c4ccc([N+](=O)[O-])cc4)c(=O)n3c2cc1C. The van der Waals surface area contributed by atoms with E-state index in [1.54, 1.807) is 22.6 Å². The largest absolute Gasteiger partial charge is 0.274 e. The molecule has 0 aliphatic rings. The lowest BCUT2D eigenvalue weighted by Crippen LogP contribution is -2.22. The van der Waals surface area contributed by atoms with Crippen LogP contribution in [0.3, 0.4) is 0 Å². The molecule has 7 heteroatoms. The second-order valence-electron chi connectivity index (χ2n) is 5.92. The Labute approximate surface area is 145 Å². The van der Waals surface area contributed by atoms with E-state index in [1.165, 1.54) is 23.5 Å². The molecular formula is C18H13N3O3S. The molecule has 0 radical (unpaired) electrons. The second-order valence-corrected chi connectivity index (χ2v) is 6.93. The predicted octanol–water partition coefficient (Wildman–Crippen LogP) is 2.98. The molecule has 25 heavy (non-hydrogen) atoms. The van der Waals surface area contributed by atoms with Crippen LogP contribution >= 0.6 is 11.3 Å². The average molecular weight is 351 g/mol. The predicted molar refractivity (Wildman–Crippen MR) is 98.2 cm³/mol. The molecular weight excluding hydrogens is 338 g/mol. The highest BCUT2D eigenvalue weighted by molar-refractivity contribution is 7.15. The summed E-state index contributed by atoms with van der Waals surface area (Å²) in [7, 11) is 0. The van der Waals surface area contributed by atoms with E-state index in [0.29, 0.717) is 9.49 Å². The molecule has 0 fully saturated rings. The van der Waals surface area contributed by atoms with Crippen molar-refractivity contribution in [3.05, 3.63) is 78.1 Å². The van der Waals surface area contributed by atoms with E-state index in [-0.39, 0.29) is 11.2 Å². The van der Waals surface area contributed by atoms with Crippen LogP contribution in [0.15, 0.2) is 41.2 Å². The number of non-ortho nitro benzene ring substituents is 1. The molecule has 2 aromatic carbocycles. The third-order valence-corrected chi connectivity index (χ3v) is 5.22. The average Bonchev–Trinajstić information content (AvgIpc) is 3.05. The van der Waals surface area contributed by atoms with Gasteiger partial charge in [0.05, 0.1) is 20.5 Å². The zero-order chi connectivity index (χ0) is 17.7. The molecule has 0 aliphatic heterocycles. The van der Waals surface area contributed by atoms with Gasteiger partial charge in [-0.1, -0.05) is 11.3 Å². The van der Waals surface area contributed by atoms with Gasteiger partial charge in [0.2, 0.25) is 0 Å². The van der Waals surface area contributed by atoms with E-state index in [9.17, 15) is 14.9 Å². The Morgan fingerprint density at radius 3 is 2.52 bits per heavy atom. The van der Waals surface area contributed by atoms with Gasteiger partial charge in [0, 0.05) is 12.1 Å². The van der Waals surface area contributed by atoms with Crippen molar-refractivity contribution >= 4 is 39.1 Å². The molecule has 0 atom stereocenters. The Balaban J connectivity index is 1.91. The fourth-order valence-corrected chi connectivity index (χ4v) is 3.75. The van der Waals surface area contributed by atoms with Gasteiger partial charge in [-0.2, -0.15) is 0 Å². The van der Waals surface area contributed by atoms with Crippen molar-refractivity contribution < 1.29 is 4.92 Å². The summed E-state index contributed by atoms with van der Waals surface area (Å²) in [5.41, 5.74) is 4.52. The highest BCUT2D eigenvalue weighted by atomic mass is 32.1. The standard InChI is InChI=1S/C18H13N3O3S/c1-10-7-14-15(8-11(10)2)20-17(22)16(25-18(20)19-14)9-12-3-5-13(6-4-12)21(23)24/h3-9H,1-2H3/b16-9+. The summed E-state index contributed by atoms with van der Waals surface area (Å²) in [6.45, 7) is 4.03. The fraction of sp³-hybridized carbons (Fsp3) is 0.111. The molecule has 124 valence electrons. The van der Waals surface area contributed by atoms with Gasteiger partial charge in [0.15, 0.2) is 4.96 Å². The lowest BCUT2D eigenvalue weighted by molar-refractivity contribution is -0.384. The summed E-state index contributed by atoms with van der Waals surface area (Å²) in [6.07, 6.45) is 1.73. The van der Waals surface area contributed by atoms with Crippen molar-refractivity contribution in [2.24, 2.45) is 0 Å². The minimum atomic E-state index is -0.446. The number of nitrogens with zero attached hydrogens (tertiary/aromatic N) is 3. The van der Waals surface area contributed by atoms with Gasteiger partial charge in [0.25, 0.3) is 11.2 Å². The first-order valence-electron chi connectivity index (χ1n) is 7.62. The number of thiazole rings is 1. The van der Waals surface area contributed by atoms with Crippen LogP contribution in [0.25, 0.3) is 22.1 Å². The number of imidazole rings is 1. The molecule has 0 bridgehead atoms. The lowest BCUT2D eigenvalue weighted by Gasteiger charge is -1.98. The highest BCUT2D eigenvalue weighted by Gasteiger charge is 2.12. The highest BCUT2D eigenvalue weighted by Crippen LogP contribution is 2.20. The molecule has 2 heterocycles. The number of fused-ring (bicyclic) bond motifs is 3. The summed E-state index contributed by atoms with van der Waals surface area (Å²) in [6, 6.07) is 10.1. The first kappa shape index (κ1) is 15.5. The van der Waals surface area contributed by atoms with Crippen LogP contribution < -0.4 is 10.1 Å². The van der Waals surface area contributed by atoms with Crippen LogP contribution in [-0.4, -0.2) is 14.3 Å². The summed E-state index contributed by atoms with van der Waals surface area (Å²) in [5.74, 6) is 0. The molecule has 0 saturated carbocycles. The molecule has 4 aromatic rings. The maximum absolute atomic E-state index is 12.8. The number of hydrogen-bond donors (Lipinski definition) is 0. The Morgan fingerprint density at radius 2 is 1.84 bits per heavy atom. The van der Waals surface area contributed by atoms with Gasteiger partial charge in [0.1, 0.15) is 0 Å². The van der Waals surface area contributed by atoms with E-state index >= 15 is 0 Å². The number of aromatic nitrogens is 2. The third kappa shape index (κ3) is 2.49. The normalized spacial score (nSPS) is 12.3. The van der Waals surface area contributed by atoms with Crippen molar-refractivity contribution in [3.8, 4) is 0 Å². The molecule has 0 unspecified atom stereocenters. The molecule has 2 aromatic heterocycles. The smallest absolute Gasteiger partial charge is 0.267 e. The van der Waals surface area contributed by atoms with Gasteiger partial charge < -0.3 is 0 Å². The van der Waals surface area contributed by atoms with Gasteiger partial charge in [-0.15, -0.1) is 0 Å². The Morgan fingerprint density at radius 1 is 1.16 bits per heavy atom. The molecule has 0 N–H and O–H groups in total. The van der Waals surface area contributed by atoms with Gasteiger partial charge in [-0.25, -0.2) is 9.38 Å². The second kappa shape index (κ2) is 5.49. The van der Waals surface area contributed by atoms with Crippen LogP contribution in [0.4, 0.5) is 5.69 Å². The van der Waals surface area contributed by atoms with Crippen molar-refractivity contribution in [1.29, 1.82) is 0 Å². The fourth-order valence-electron chi connectivity index (χ4n) is 2.76. The van der Waals surface area contributed by atoms with Gasteiger partial charge in [-0.3, -0.25) is 14.9 Å². The quantitative estimate of drug-likeness (QED) is 0.411. The molecule has 4 rings (SSSR count). The molecule has 0 amide bonds. The maximum Gasteiger partial charge on any atom is 0.274 e. The topological polar surface area (TPSA) is 77.5 Å². The van der Waals surface area contributed by atoms with Crippen molar-refractivity contribution in [2.75, 3.05) is 0 Å². The minimum Gasteiger partial charge on any atom is -0.267 e. The summed E-state index contributed by atoms with van der Waals surface area (Å²) >= 11 is 1.32. The minimum absolute atomic E-state index is 0.0253. The number of aryl methyl sites for hydroxylation is 2. The molecule has 0 aliphatic carbocycles. The maximum atomic E-state index is 12.8. The summed E-state index contributed by atoms with van der Waals surface area (Å²) in [4.78, 5) is 28.2. The van der Waals surface area contributed by atoms with E-state index in [1.807, 2.05) is 26.0 Å². The van der Waals surface area contributed by atoms with Crippen molar-refractivity contribution in [2.45, 2.75) is 13.8 Å². The zero-order valence-electron chi connectivity index (χ0n) is 13.5. The van der Waals surface area contributed by atoms with Crippen molar-refractivity contribution in [1.82, 2.24) is 9.38 Å². The van der Waals surface area contributed by atoms with Crippen LogP contribution in [0.5, 0.6) is 0 Å². The van der Waals surface area contributed by atoms with Crippen molar-refractivity contribution in [3.63, 3.8) is 0 Å². The van der Waals surface area contributed by atoms with E-state index < -0.39 is 4.92 Å². The Kier molecular flexibility index (Phi) is 3.40. The summed E-state index contributed by atoms with van der Waals surface area (Å²) in [5, 5.41) is 10.7. The van der Waals surface area contributed by atoms with Crippen LogP contribution in [0.1, 0.15) is 16.7 Å². The summed E-state index contributed by atoms with van der Waals surface area (Å²) < 4.78 is 2.18. The number of nitro benzene ring substituents is 1. The Bertz CT molecular complexity index is 1250. The molecule has 0 spiro atoms. The molecule has 0 saturated heterocycles. The van der Waals surface area contributed by atoms with E-state index in [2.05, 4.69) is 4.98 Å². The monoisotopic (exact) mass is 351 g/mol. The van der Waals surface area contributed by atoms with Crippen LogP contribution in [-0.2, 0) is 0 Å². The van der Waals surface area contributed by atoms with Gasteiger partial charge >= 0.3 is 0 Å². The third-order valence-electron chi connectivity index (χ3n) is 4.26. The number of rotatable bonds is 2. The molecule has 6 nitrogen and oxygen atoms in total. The lowest BCUT2D eigenvalue weighted by atomic mass is 10.1. The number of benzene rings is 2. The van der Waals surface area contributed by atoms with E-state index in [4.69, 9.17) is 0 Å². The van der Waals surface area contributed by atoms with Crippen LogP contribution in [0.2, 0.25) is 0 Å². The zero-order valence-corrected chi connectivity index (χ0v) is 14.3. The van der Waals surface area contributed by atoms with Gasteiger partial charge in [-0.05, 0) is 60.9 Å². The van der Waals surface area contributed by atoms with Crippen LogP contribution in [0, 0.1) is 24.0 Å². The van der Waals surface area contributed by atoms with E-state index in [0.717, 1.165) is 27.7 Å². The first-order chi connectivity index (χ1) is 11.9. The first-order valence-corrected chi connectivity index (χ1v) is 8.44. The Hall–Kier alpha value is -3.06.